The van der Waals surface area contributed by atoms with Crippen molar-refractivity contribution in [3.8, 4) is 11.5 Å². The number of halogens is 17. The monoisotopic (exact) mass is 659 g/mol. The Morgan fingerprint density at radius 2 is 1.00 bits per heavy atom. The average Bonchev–Trinajstić information content (AvgIpc) is 2.88. The molecular formula is C22H10F17NO3. The third-order valence-corrected chi connectivity index (χ3v) is 5.05. The molecule has 43 heavy (non-hydrogen) atoms. The van der Waals surface area contributed by atoms with Crippen molar-refractivity contribution in [2.45, 2.75) is 41.7 Å². The molecule has 21 heteroatoms. The summed E-state index contributed by atoms with van der Waals surface area (Å²) in [5.41, 5.74) is -0.840. The Kier molecular flexibility index (Phi) is 9.25. The van der Waals surface area contributed by atoms with E-state index in [-0.39, 0.29) is 5.75 Å². The second kappa shape index (κ2) is 11.3. The first-order chi connectivity index (χ1) is 19.3. The predicted octanol–water partition coefficient (Wildman–Crippen LogP) is 9.16. The summed E-state index contributed by atoms with van der Waals surface area (Å²) in [7, 11) is 0. The topological polar surface area (TPSA) is 47.6 Å². The summed E-state index contributed by atoms with van der Waals surface area (Å²) in [6.45, 7) is 0. The zero-order valence-electron chi connectivity index (χ0n) is 19.8. The van der Waals surface area contributed by atoms with E-state index < -0.39 is 71.1 Å². The van der Waals surface area contributed by atoms with Gasteiger partial charge in [0.05, 0.1) is 5.69 Å². The van der Waals surface area contributed by atoms with Gasteiger partial charge in [-0.15, -0.1) is 0 Å². The first-order valence-electron chi connectivity index (χ1n) is 10.5. The van der Waals surface area contributed by atoms with Crippen LogP contribution in [0.2, 0.25) is 0 Å². The molecule has 240 valence electrons. The molecule has 0 aliphatic rings. The normalized spacial score (nSPS) is 14.6. The van der Waals surface area contributed by atoms with Gasteiger partial charge in [-0.2, -0.15) is 74.6 Å². The van der Waals surface area contributed by atoms with E-state index in [4.69, 9.17) is 4.74 Å². The van der Waals surface area contributed by atoms with Crippen LogP contribution in [-0.4, -0.2) is 47.8 Å². The zero-order chi connectivity index (χ0) is 33.4. The number of ether oxygens (including phenoxy) is 2. The highest BCUT2D eigenvalue weighted by Gasteiger charge is 2.93. The summed E-state index contributed by atoms with van der Waals surface area (Å²) < 4.78 is 236. The SMILES string of the molecule is O=C(Nc1ccccc1OC(F)=C(F)C(F)(F)C(F)(F)C(F)(F)C(F)(F)C(F)(F)C(F)(F)C(F)(F)F)Oc1ccccc1. The van der Waals surface area contributed by atoms with Crippen LogP contribution in [-0.2, 0) is 0 Å². The number of carbonyl (C=O) groups excluding carboxylic acids is 1. The second-order valence-electron chi connectivity index (χ2n) is 7.96. The molecule has 0 saturated carbocycles. The predicted molar refractivity (Wildman–Crippen MR) is 108 cm³/mol. The van der Waals surface area contributed by atoms with E-state index in [1.54, 1.807) is 5.32 Å². The van der Waals surface area contributed by atoms with Crippen molar-refractivity contribution in [3.05, 3.63) is 66.4 Å². The summed E-state index contributed by atoms with van der Waals surface area (Å²) in [5.74, 6) is -56.1. The van der Waals surface area contributed by atoms with Gasteiger partial charge in [0.1, 0.15) is 5.75 Å². The minimum atomic E-state index is -8.70. The number of nitrogens with one attached hydrogen (secondary N) is 1. The van der Waals surface area contributed by atoms with Crippen molar-refractivity contribution < 1.29 is 88.9 Å². The summed E-state index contributed by atoms with van der Waals surface area (Å²) in [6.07, 6.45) is -9.27. The number of benzene rings is 2. The molecule has 0 aromatic heterocycles. The van der Waals surface area contributed by atoms with Gasteiger partial charge >= 0.3 is 53.8 Å². The van der Waals surface area contributed by atoms with Gasteiger partial charge in [-0.05, 0) is 24.3 Å². The van der Waals surface area contributed by atoms with E-state index in [9.17, 15) is 79.4 Å². The summed E-state index contributed by atoms with van der Waals surface area (Å²) in [6, 6.07) is 6.04. The lowest BCUT2D eigenvalue weighted by Crippen LogP contribution is -2.72. The minimum absolute atomic E-state index is 0.131. The van der Waals surface area contributed by atoms with Crippen LogP contribution in [0.5, 0.6) is 11.5 Å². The van der Waals surface area contributed by atoms with Crippen molar-refractivity contribution in [1.82, 2.24) is 0 Å². The maximum Gasteiger partial charge on any atom is 0.460 e. The van der Waals surface area contributed by atoms with Gasteiger partial charge < -0.3 is 9.47 Å². The van der Waals surface area contributed by atoms with Crippen molar-refractivity contribution >= 4 is 11.8 Å². The molecule has 0 aliphatic carbocycles. The average molecular weight is 659 g/mol. The van der Waals surface area contributed by atoms with Gasteiger partial charge in [0.15, 0.2) is 5.75 Å². The first kappa shape index (κ1) is 35.3. The molecule has 1 N–H and O–H groups in total. The second-order valence-corrected chi connectivity index (χ2v) is 7.96. The fourth-order valence-electron chi connectivity index (χ4n) is 2.76. The van der Waals surface area contributed by atoms with Crippen LogP contribution >= 0.6 is 0 Å². The van der Waals surface area contributed by atoms with Crippen LogP contribution in [0.15, 0.2) is 66.4 Å². The third kappa shape index (κ3) is 5.97. The largest absolute Gasteiger partial charge is 0.460 e. The van der Waals surface area contributed by atoms with E-state index >= 15 is 0 Å². The Morgan fingerprint density at radius 1 is 0.558 bits per heavy atom. The molecule has 0 spiro atoms. The highest BCUT2D eigenvalue weighted by Crippen LogP contribution is 2.63. The maximum absolute atomic E-state index is 14.1. The van der Waals surface area contributed by atoms with Crippen LogP contribution in [0.4, 0.5) is 85.1 Å². The van der Waals surface area contributed by atoms with Gasteiger partial charge in [-0.3, -0.25) is 5.32 Å². The molecule has 2 aromatic rings. The standard InChI is InChI=1S/C22H10F17NO3/c23-13(14(24)43-12-9-5-4-8-11(12)40-15(41)42-10-6-2-1-3-7-10)16(25,26)17(27,28)18(29,30)19(31,32)20(33,34)21(35,36)22(37,38)39/h1-9H,(H,40,41). The summed E-state index contributed by atoms with van der Waals surface area (Å²) >= 11 is 0. The third-order valence-electron chi connectivity index (χ3n) is 5.05. The molecule has 0 aliphatic heterocycles. The zero-order valence-corrected chi connectivity index (χ0v) is 19.8. The van der Waals surface area contributed by atoms with Crippen LogP contribution < -0.4 is 14.8 Å². The lowest BCUT2D eigenvalue weighted by Gasteiger charge is -2.41. The van der Waals surface area contributed by atoms with E-state index in [0.717, 1.165) is 18.2 Å². The molecule has 1 amide bonds. The van der Waals surface area contributed by atoms with Gasteiger partial charge in [0.2, 0.25) is 5.83 Å². The smallest absolute Gasteiger partial charge is 0.427 e. The van der Waals surface area contributed by atoms with E-state index in [1.165, 1.54) is 30.3 Å². The summed E-state index contributed by atoms with van der Waals surface area (Å²) in [5, 5.41) is 1.76. The number of hydrogen-bond donors (Lipinski definition) is 1. The van der Waals surface area contributed by atoms with Crippen molar-refractivity contribution in [1.29, 1.82) is 0 Å². The summed E-state index contributed by atoms with van der Waals surface area (Å²) in [4.78, 5) is 11.9. The molecule has 0 radical (unpaired) electrons. The van der Waals surface area contributed by atoms with Gasteiger partial charge in [-0.25, -0.2) is 4.79 Å². The first-order valence-corrected chi connectivity index (χ1v) is 10.5. The number of alkyl halides is 15. The Bertz CT molecular complexity index is 1340. The van der Waals surface area contributed by atoms with Crippen LogP contribution in [0.25, 0.3) is 0 Å². The molecule has 0 saturated heterocycles. The van der Waals surface area contributed by atoms with Crippen molar-refractivity contribution in [2.24, 2.45) is 0 Å². The number of carbonyl (C=O) groups is 1. The fraction of sp³-hybridized carbons (Fsp3) is 0.318. The van der Waals surface area contributed by atoms with Crippen LogP contribution in [0.3, 0.4) is 0 Å². The van der Waals surface area contributed by atoms with E-state index in [0.29, 0.717) is 6.07 Å². The number of para-hydroxylation sites is 3. The van der Waals surface area contributed by atoms with Crippen molar-refractivity contribution in [3.63, 3.8) is 0 Å². The molecule has 0 atom stereocenters. The molecule has 0 heterocycles. The van der Waals surface area contributed by atoms with E-state index in [1.807, 2.05) is 0 Å². The molecule has 2 rings (SSSR count). The Balaban J connectivity index is 2.46. The Hall–Kier alpha value is -3.94. The molecule has 0 bridgehead atoms. The maximum atomic E-state index is 14.1. The van der Waals surface area contributed by atoms with Crippen LogP contribution in [0.1, 0.15) is 0 Å². The van der Waals surface area contributed by atoms with Gasteiger partial charge in [-0.1, -0.05) is 30.3 Å². The Labute approximate surface area is 226 Å². The van der Waals surface area contributed by atoms with Gasteiger partial charge in [0, 0.05) is 0 Å². The fourth-order valence-corrected chi connectivity index (χ4v) is 2.76. The molecule has 2 aromatic carbocycles. The number of hydrogen-bond acceptors (Lipinski definition) is 3. The lowest BCUT2D eigenvalue weighted by molar-refractivity contribution is -0.451. The minimum Gasteiger partial charge on any atom is -0.427 e. The molecular weight excluding hydrogens is 649 g/mol. The number of anilines is 1. The molecule has 0 fully saturated rings. The van der Waals surface area contributed by atoms with Crippen LogP contribution in [0, 0.1) is 0 Å². The molecule has 4 nitrogen and oxygen atoms in total. The number of allylic oxidation sites excluding steroid dienone is 1. The number of amides is 1. The molecule has 0 unspecified atom stereocenters. The highest BCUT2D eigenvalue weighted by atomic mass is 19.4. The Morgan fingerprint density at radius 3 is 1.51 bits per heavy atom. The quantitative estimate of drug-likeness (QED) is 0.205. The van der Waals surface area contributed by atoms with E-state index in [2.05, 4.69) is 4.74 Å². The number of rotatable bonds is 10. The highest BCUT2D eigenvalue weighted by molar-refractivity contribution is 5.88. The van der Waals surface area contributed by atoms with Gasteiger partial charge in [0.25, 0.3) is 0 Å². The lowest BCUT2D eigenvalue weighted by atomic mass is 9.91. The van der Waals surface area contributed by atoms with Crippen molar-refractivity contribution in [2.75, 3.05) is 5.32 Å².